The Morgan fingerprint density at radius 3 is 2.53 bits per heavy atom. The van der Waals surface area contributed by atoms with Gasteiger partial charge < -0.3 is 34.2 Å². The molecular weight excluding hydrogens is 418 g/mol. The van der Waals surface area contributed by atoms with Crippen molar-refractivity contribution >= 4 is 11.9 Å². The zero-order valence-corrected chi connectivity index (χ0v) is 19.6. The summed E-state index contributed by atoms with van der Waals surface area (Å²) in [6, 6.07) is -0.753. The number of benzene rings is 1. The number of rotatable bonds is 12. The third kappa shape index (κ3) is 5.79. The molecule has 178 valence electrons. The van der Waals surface area contributed by atoms with Crippen LogP contribution in [0.25, 0.3) is 0 Å². The minimum absolute atomic E-state index is 0.141. The molecule has 0 saturated heterocycles. The van der Waals surface area contributed by atoms with E-state index in [0.29, 0.717) is 47.6 Å². The third-order valence-corrected chi connectivity index (χ3v) is 5.12. The van der Waals surface area contributed by atoms with Gasteiger partial charge in [0, 0.05) is 18.2 Å². The van der Waals surface area contributed by atoms with Gasteiger partial charge in [0.2, 0.25) is 0 Å². The first-order chi connectivity index (χ1) is 15.3. The topological polar surface area (TPSA) is 116 Å². The predicted molar refractivity (Wildman–Crippen MR) is 117 cm³/mol. The van der Waals surface area contributed by atoms with E-state index in [4.69, 9.17) is 34.2 Å². The zero-order chi connectivity index (χ0) is 23.8. The summed E-state index contributed by atoms with van der Waals surface area (Å²) < 4.78 is 32.6. The summed E-state index contributed by atoms with van der Waals surface area (Å²) in [5, 5.41) is 0. The zero-order valence-electron chi connectivity index (χ0n) is 19.6. The fraction of sp³-hybridized carbons (Fsp3) is 0.565. The van der Waals surface area contributed by atoms with Gasteiger partial charge in [-0.3, -0.25) is 4.79 Å². The minimum Gasteiger partial charge on any atom is -0.496 e. The van der Waals surface area contributed by atoms with E-state index in [9.17, 15) is 9.59 Å². The molecule has 1 aromatic rings. The molecule has 2 rings (SSSR count). The van der Waals surface area contributed by atoms with E-state index in [1.165, 1.54) is 7.11 Å². The first-order valence-corrected chi connectivity index (χ1v) is 10.6. The number of methoxy groups -OCH3 is 2. The van der Waals surface area contributed by atoms with Crippen LogP contribution in [0.1, 0.15) is 54.2 Å². The van der Waals surface area contributed by atoms with Crippen molar-refractivity contribution in [3.63, 3.8) is 0 Å². The number of esters is 2. The molecule has 2 unspecified atom stereocenters. The highest BCUT2D eigenvalue weighted by Crippen LogP contribution is 2.43. The van der Waals surface area contributed by atoms with Crippen LogP contribution >= 0.6 is 0 Å². The van der Waals surface area contributed by atoms with Crippen LogP contribution in [0.4, 0.5) is 0 Å². The van der Waals surface area contributed by atoms with Crippen LogP contribution in [0, 0.1) is 6.92 Å². The van der Waals surface area contributed by atoms with Crippen LogP contribution in [-0.2, 0) is 36.8 Å². The van der Waals surface area contributed by atoms with E-state index in [-0.39, 0.29) is 13.2 Å². The first-order valence-electron chi connectivity index (χ1n) is 10.6. The summed E-state index contributed by atoms with van der Waals surface area (Å²) in [4.78, 5) is 24.4. The lowest BCUT2D eigenvalue weighted by atomic mass is 9.94. The molecule has 0 bridgehead atoms. The molecular formula is C23H33NO8. The number of ether oxygens (including phenoxy) is 6. The lowest BCUT2D eigenvalue weighted by molar-refractivity contribution is -0.231. The summed E-state index contributed by atoms with van der Waals surface area (Å²) in [6.07, 6.45) is 2.62. The molecule has 1 aliphatic rings. The van der Waals surface area contributed by atoms with Crippen molar-refractivity contribution in [3.8, 4) is 11.5 Å². The van der Waals surface area contributed by atoms with E-state index < -0.39 is 24.5 Å². The number of carbonyl (C=O) groups is 2. The van der Waals surface area contributed by atoms with E-state index in [2.05, 4.69) is 0 Å². The smallest absolute Gasteiger partial charge is 0.342 e. The molecule has 0 saturated carbocycles. The van der Waals surface area contributed by atoms with Crippen molar-refractivity contribution in [2.24, 2.45) is 5.73 Å². The van der Waals surface area contributed by atoms with Crippen molar-refractivity contribution in [2.45, 2.75) is 59.7 Å². The molecule has 0 amide bonds. The third-order valence-electron chi connectivity index (χ3n) is 5.12. The van der Waals surface area contributed by atoms with Crippen molar-refractivity contribution < 1.29 is 38.0 Å². The maximum absolute atomic E-state index is 12.5. The monoisotopic (exact) mass is 451 g/mol. The largest absolute Gasteiger partial charge is 0.496 e. The van der Waals surface area contributed by atoms with Gasteiger partial charge in [-0.25, -0.2) is 4.79 Å². The molecule has 0 aromatic heterocycles. The molecule has 2 N–H and O–H groups in total. The standard InChI is InChI=1S/C23H33NO8/c1-7-29-21(25)17(24)11-13(3)9-10-15-19(27-5)14(4)16-12-31-22(26)18(16)20(15)32-23(28-6)30-8-2/h9,17,23H,7-8,10-12,24H2,1-6H3. The first kappa shape index (κ1) is 25.6. The quantitative estimate of drug-likeness (QED) is 0.291. The lowest BCUT2D eigenvalue weighted by Crippen LogP contribution is -2.32. The van der Waals surface area contributed by atoms with Crippen LogP contribution in [0.2, 0.25) is 0 Å². The maximum Gasteiger partial charge on any atom is 0.342 e. The Hall–Kier alpha value is -2.62. The van der Waals surface area contributed by atoms with Gasteiger partial charge in [0.05, 0.1) is 20.3 Å². The van der Waals surface area contributed by atoms with Gasteiger partial charge in [-0.15, -0.1) is 0 Å². The van der Waals surface area contributed by atoms with E-state index >= 15 is 0 Å². The number of carbonyl (C=O) groups excluding carboxylic acids is 2. The molecule has 9 nitrogen and oxygen atoms in total. The second kappa shape index (κ2) is 11.8. The Kier molecular flexibility index (Phi) is 9.49. The van der Waals surface area contributed by atoms with Crippen molar-refractivity contribution in [3.05, 3.63) is 33.9 Å². The number of fused-ring (bicyclic) bond motifs is 1. The van der Waals surface area contributed by atoms with Crippen LogP contribution in [0.3, 0.4) is 0 Å². The highest BCUT2D eigenvalue weighted by atomic mass is 16.8. The van der Waals surface area contributed by atoms with Gasteiger partial charge in [0.15, 0.2) is 0 Å². The van der Waals surface area contributed by atoms with E-state index in [0.717, 1.165) is 11.1 Å². The average molecular weight is 452 g/mol. The molecule has 0 fully saturated rings. The Bertz CT molecular complexity index is 864. The van der Waals surface area contributed by atoms with Crippen molar-refractivity contribution in [2.75, 3.05) is 27.4 Å². The predicted octanol–water partition coefficient (Wildman–Crippen LogP) is 2.79. The van der Waals surface area contributed by atoms with Crippen LogP contribution in [0.15, 0.2) is 11.6 Å². The number of nitrogens with two attached hydrogens (primary N) is 1. The molecule has 1 heterocycles. The van der Waals surface area contributed by atoms with Gasteiger partial charge in [-0.2, -0.15) is 0 Å². The summed E-state index contributed by atoms with van der Waals surface area (Å²) >= 11 is 0. The number of hydrogen-bond donors (Lipinski definition) is 1. The molecule has 0 aliphatic carbocycles. The van der Waals surface area contributed by atoms with E-state index in [1.807, 2.05) is 26.8 Å². The maximum atomic E-state index is 12.5. The molecule has 32 heavy (non-hydrogen) atoms. The minimum atomic E-state index is -1.01. The summed E-state index contributed by atoms with van der Waals surface area (Å²) in [7, 11) is 3.01. The highest BCUT2D eigenvalue weighted by molar-refractivity contribution is 5.98. The summed E-state index contributed by atoms with van der Waals surface area (Å²) in [5.74, 6) is -0.0397. The fourth-order valence-electron chi connectivity index (χ4n) is 3.56. The Morgan fingerprint density at radius 1 is 1.22 bits per heavy atom. The van der Waals surface area contributed by atoms with E-state index in [1.54, 1.807) is 14.0 Å². The Labute approximate surface area is 188 Å². The summed E-state index contributed by atoms with van der Waals surface area (Å²) in [5.41, 5.74) is 9.32. The van der Waals surface area contributed by atoms with Gasteiger partial charge in [-0.1, -0.05) is 11.6 Å². The lowest BCUT2D eigenvalue weighted by Gasteiger charge is -2.23. The average Bonchev–Trinajstić information content (AvgIpc) is 3.15. The van der Waals surface area contributed by atoms with Crippen molar-refractivity contribution in [1.29, 1.82) is 0 Å². The Balaban J connectivity index is 2.45. The summed E-state index contributed by atoms with van der Waals surface area (Å²) in [6.45, 7) is 7.05. The second-order valence-electron chi connectivity index (χ2n) is 7.31. The highest BCUT2D eigenvalue weighted by Gasteiger charge is 2.34. The van der Waals surface area contributed by atoms with Gasteiger partial charge >= 0.3 is 18.4 Å². The molecule has 9 heteroatoms. The number of allylic oxidation sites excluding steroid dienone is 1. The number of cyclic esters (lactones) is 1. The van der Waals surface area contributed by atoms with Gasteiger partial charge in [0.25, 0.3) is 0 Å². The van der Waals surface area contributed by atoms with Crippen LogP contribution in [0.5, 0.6) is 11.5 Å². The second-order valence-corrected chi connectivity index (χ2v) is 7.31. The fourth-order valence-corrected chi connectivity index (χ4v) is 3.56. The molecule has 0 radical (unpaired) electrons. The normalized spacial score (nSPS) is 15.1. The SMILES string of the molecule is CCOC(=O)C(N)CC(C)=CCc1c(OC)c(C)c2c(c1OC(OC)OCC)C(=O)OC2. The van der Waals surface area contributed by atoms with Gasteiger partial charge in [-0.05, 0) is 46.1 Å². The number of hydrogen-bond acceptors (Lipinski definition) is 9. The molecule has 2 atom stereocenters. The van der Waals surface area contributed by atoms with Gasteiger partial charge in [0.1, 0.15) is 29.7 Å². The molecule has 1 aliphatic heterocycles. The molecule has 0 spiro atoms. The van der Waals surface area contributed by atoms with Crippen molar-refractivity contribution in [1.82, 2.24) is 0 Å². The molecule has 1 aromatic carbocycles. The van der Waals surface area contributed by atoms with Crippen LogP contribution < -0.4 is 15.2 Å². The Morgan fingerprint density at radius 2 is 1.94 bits per heavy atom. The van der Waals surface area contributed by atoms with Crippen LogP contribution in [-0.4, -0.2) is 51.9 Å².